The van der Waals surface area contributed by atoms with Crippen molar-refractivity contribution in [1.82, 2.24) is 5.32 Å². The second-order valence-corrected chi connectivity index (χ2v) is 7.06. The summed E-state index contributed by atoms with van der Waals surface area (Å²) in [5.41, 5.74) is 0.525. The Morgan fingerprint density at radius 3 is 2.57 bits per heavy atom. The van der Waals surface area contributed by atoms with Gasteiger partial charge in [-0.1, -0.05) is 6.07 Å². The van der Waals surface area contributed by atoms with Crippen LogP contribution in [0.4, 0.5) is 0 Å². The third-order valence-corrected chi connectivity index (χ3v) is 4.02. The third kappa shape index (κ3) is 5.53. The molecule has 8 heteroatoms. The van der Waals surface area contributed by atoms with Gasteiger partial charge in [-0.25, -0.2) is 8.42 Å². The number of nitrogens with one attached hydrogen (secondary N) is 1. The van der Waals surface area contributed by atoms with E-state index < -0.39 is 9.05 Å². The van der Waals surface area contributed by atoms with Gasteiger partial charge >= 0.3 is 0 Å². The molecule has 0 fully saturated rings. The van der Waals surface area contributed by atoms with Crippen molar-refractivity contribution < 1.29 is 22.7 Å². The van der Waals surface area contributed by atoms with Gasteiger partial charge in [0.05, 0.1) is 20.1 Å². The summed E-state index contributed by atoms with van der Waals surface area (Å²) < 4.78 is 32.8. The molecule has 0 saturated carbocycles. The van der Waals surface area contributed by atoms with E-state index in [4.69, 9.17) is 20.2 Å². The van der Waals surface area contributed by atoms with E-state index in [0.29, 0.717) is 12.2 Å². The highest BCUT2D eigenvalue weighted by molar-refractivity contribution is 8.13. The lowest BCUT2D eigenvalue weighted by Gasteiger charge is -2.13. The molecule has 0 radical (unpaired) electrons. The van der Waals surface area contributed by atoms with Crippen molar-refractivity contribution in [2.45, 2.75) is 24.3 Å². The third-order valence-electron chi connectivity index (χ3n) is 2.68. The molecule has 0 aromatic heterocycles. The van der Waals surface area contributed by atoms with Gasteiger partial charge in [-0.15, -0.1) is 0 Å². The fraction of sp³-hybridized carbons (Fsp3) is 0.462. The van der Waals surface area contributed by atoms with E-state index >= 15 is 0 Å². The standard InChI is InChI=1S/C13H18ClNO5S/c1-9(8-19-2)15-13(16)7-10-4-5-11(20-3)12(6-10)21(14,17)18/h4-6,9H,7-8H2,1-3H3,(H,15,16). The maximum Gasteiger partial charge on any atom is 0.264 e. The van der Waals surface area contributed by atoms with Gasteiger partial charge in [-0.3, -0.25) is 4.79 Å². The highest BCUT2D eigenvalue weighted by Gasteiger charge is 2.18. The van der Waals surface area contributed by atoms with Crippen molar-refractivity contribution in [3.63, 3.8) is 0 Å². The summed E-state index contributed by atoms with van der Waals surface area (Å²) in [5.74, 6) is -0.0930. The quantitative estimate of drug-likeness (QED) is 0.760. The predicted molar refractivity (Wildman–Crippen MR) is 79.2 cm³/mol. The van der Waals surface area contributed by atoms with Crippen LogP contribution in [0.25, 0.3) is 0 Å². The van der Waals surface area contributed by atoms with Crippen LogP contribution in [-0.2, 0) is 25.0 Å². The van der Waals surface area contributed by atoms with Crippen LogP contribution in [0.2, 0.25) is 0 Å². The number of ether oxygens (including phenoxy) is 2. The molecule has 1 rings (SSSR count). The molecular weight excluding hydrogens is 318 g/mol. The molecule has 0 heterocycles. The number of halogens is 1. The maximum absolute atomic E-state index is 11.8. The van der Waals surface area contributed by atoms with E-state index in [1.54, 1.807) is 13.2 Å². The fourth-order valence-electron chi connectivity index (χ4n) is 1.82. The average Bonchev–Trinajstić information content (AvgIpc) is 2.37. The zero-order valence-electron chi connectivity index (χ0n) is 12.1. The van der Waals surface area contributed by atoms with E-state index in [1.807, 2.05) is 6.92 Å². The summed E-state index contributed by atoms with van der Waals surface area (Å²) in [6.07, 6.45) is 0.0391. The zero-order valence-corrected chi connectivity index (χ0v) is 13.6. The van der Waals surface area contributed by atoms with Crippen molar-refractivity contribution in [3.8, 4) is 5.75 Å². The van der Waals surface area contributed by atoms with Crippen LogP contribution < -0.4 is 10.1 Å². The highest BCUT2D eigenvalue weighted by Crippen LogP contribution is 2.27. The minimum absolute atomic E-state index is 0.0391. The number of rotatable bonds is 7. The zero-order chi connectivity index (χ0) is 16.0. The number of amides is 1. The SMILES string of the molecule is COCC(C)NC(=O)Cc1ccc(OC)c(S(=O)(=O)Cl)c1. The van der Waals surface area contributed by atoms with Crippen molar-refractivity contribution in [2.75, 3.05) is 20.8 Å². The number of hydrogen-bond acceptors (Lipinski definition) is 5. The molecule has 0 spiro atoms. The topological polar surface area (TPSA) is 81.7 Å². The smallest absolute Gasteiger partial charge is 0.264 e. The van der Waals surface area contributed by atoms with Crippen molar-refractivity contribution in [2.24, 2.45) is 0 Å². The normalized spacial score (nSPS) is 12.8. The Morgan fingerprint density at radius 1 is 1.38 bits per heavy atom. The summed E-state index contributed by atoms with van der Waals surface area (Å²) in [6, 6.07) is 4.29. The summed E-state index contributed by atoms with van der Waals surface area (Å²) >= 11 is 0. The molecule has 0 aliphatic heterocycles. The van der Waals surface area contributed by atoms with Gasteiger partial charge in [0.15, 0.2) is 0 Å². The lowest BCUT2D eigenvalue weighted by atomic mass is 10.1. The molecule has 1 atom stereocenters. The second-order valence-electron chi connectivity index (χ2n) is 4.52. The Labute approximate surface area is 128 Å². The first-order valence-electron chi connectivity index (χ1n) is 6.17. The minimum Gasteiger partial charge on any atom is -0.495 e. The van der Waals surface area contributed by atoms with E-state index in [9.17, 15) is 13.2 Å². The number of carbonyl (C=O) groups is 1. The van der Waals surface area contributed by atoms with Crippen molar-refractivity contribution >= 4 is 25.6 Å². The number of benzene rings is 1. The van der Waals surface area contributed by atoms with Gasteiger partial charge in [0.1, 0.15) is 10.6 Å². The summed E-state index contributed by atoms with van der Waals surface area (Å²) in [5, 5.41) is 2.74. The molecule has 1 N–H and O–H groups in total. The molecule has 6 nitrogen and oxygen atoms in total. The first-order valence-corrected chi connectivity index (χ1v) is 8.48. The number of carbonyl (C=O) groups excluding carboxylic acids is 1. The van der Waals surface area contributed by atoms with Crippen molar-refractivity contribution in [1.29, 1.82) is 0 Å². The summed E-state index contributed by atoms with van der Waals surface area (Å²) in [4.78, 5) is 11.7. The molecule has 0 saturated heterocycles. The van der Waals surface area contributed by atoms with E-state index in [2.05, 4.69) is 5.32 Å². The second kappa shape index (κ2) is 7.63. The Hall–Kier alpha value is -1.31. The number of methoxy groups -OCH3 is 2. The van der Waals surface area contributed by atoms with Gasteiger partial charge in [0, 0.05) is 23.8 Å². The molecule has 1 amide bonds. The van der Waals surface area contributed by atoms with E-state index in [1.165, 1.54) is 19.2 Å². The molecule has 1 aromatic carbocycles. The van der Waals surface area contributed by atoms with E-state index in [-0.39, 0.29) is 29.0 Å². The van der Waals surface area contributed by atoms with Crippen LogP contribution in [0, 0.1) is 0 Å². The fourth-order valence-corrected chi connectivity index (χ4v) is 2.87. The average molecular weight is 336 g/mol. The lowest BCUT2D eigenvalue weighted by Crippen LogP contribution is -2.36. The first kappa shape index (κ1) is 17.7. The van der Waals surface area contributed by atoms with Crippen molar-refractivity contribution in [3.05, 3.63) is 23.8 Å². The predicted octanol–water partition coefficient (Wildman–Crippen LogP) is 1.32. The summed E-state index contributed by atoms with van der Waals surface area (Å²) in [6.45, 7) is 2.21. The first-order chi connectivity index (χ1) is 9.77. The minimum atomic E-state index is -3.94. The molecular formula is C13H18ClNO5S. The Morgan fingerprint density at radius 2 is 2.05 bits per heavy atom. The van der Waals surface area contributed by atoms with Crippen LogP contribution in [0.3, 0.4) is 0 Å². The van der Waals surface area contributed by atoms with Crippen LogP contribution in [0.1, 0.15) is 12.5 Å². The molecule has 1 aromatic rings. The van der Waals surface area contributed by atoms with E-state index in [0.717, 1.165) is 0 Å². The Bertz CT molecular complexity index is 603. The van der Waals surface area contributed by atoms with Gasteiger partial charge in [0.25, 0.3) is 9.05 Å². The molecule has 118 valence electrons. The lowest BCUT2D eigenvalue weighted by molar-refractivity contribution is -0.121. The molecule has 1 unspecified atom stereocenters. The molecule has 0 aliphatic carbocycles. The molecule has 21 heavy (non-hydrogen) atoms. The van der Waals surface area contributed by atoms with Crippen LogP contribution >= 0.6 is 10.7 Å². The highest BCUT2D eigenvalue weighted by atomic mass is 35.7. The molecule has 0 bridgehead atoms. The van der Waals surface area contributed by atoms with Gasteiger partial charge in [-0.2, -0.15) is 0 Å². The van der Waals surface area contributed by atoms with Crippen LogP contribution in [-0.4, -0.2) is 41.2 Å². The van der Waals surface area contributed by atoms with Gasteiger partial charge in [0.2, 0.25) is 5.91 Å². The largest absolute Gasteiger partial charge is 0.495 e. The molecule has 0 aliphatic rings. The number of hydrogen-bond donors (Lipinski definition) is 1. The van der Waals surface area contributed by atoms with Gasteiger partial charge in [-0.05, 0) is 24.6 Å². The maximum atomic E-state index is 11.8. The van der Waals surface area contributed by atoms with Gasteiger partial charge < -0.3 is 14.8 Å². The van der Waals surface area contributed by atoms with Crippen LogP contribution in [0.15, 0.2) is 23.1 Å². The summed E-state index contributed by atoms with van der Waals surface area (Å²) in [7, 11) is 4.30. The Balaban J connectivity index is 2.88. The Kier molecular flexibility index (Phi) is 6.44. The van der Waals surface area contributed by atoms with Crippen LogP contribution in [0.5, 0.6) is 5.75 Å². The monoisotopic (exact) mass is 335 g/mol.